The quantitative estimate of drug-likeness (QED) is 0.597. The van der Waals surface area contributed by atoms with Gasteiger partial charge in [0, 0.05) is 46.0 Å². The largest absolute Gasteiger partial charge is 0.385 e. The van der Waals surface area contributed by atoms with E-state index in [1.807, 2.05) is 0 Å². The molecular formula is C12H26N2O2. The van der Waals surface area contributed by atoms with Gasteiger partial charge in [0.25, 0.3) is 0 Å². The van der Waals surface area contributed by atoms with E-state index in [4.69, 9.17) is 15.2 Å². The molecule has 1 saturated carbocycles. The van der Waals surface area contributed by atoms with Gasteiger partial charge in [0.2, 0.25) is 0 Å². The van der Waals surface area contributed by atoms with Crippen molar-refractivity contribution in [2.75, 3.05) is 47.1 Å². The summed E-state index contributed by atoms with van der Waals surface area (Å²) in [7, 11) is 3.49. The lowest BCUT2D eigenvalue weighted by molar-refractivity contribution is 0.0957. The van der Waals surface area contributed by atoms with Gasteiger partial charge >= 0.3 is 0 Å². The molecule has 1 aliphatic rings. The third kappa shape index (κ3) is 4.78. The van der Waals surface area contributed by atoms with Gasteiger partial charge < -0.3 is 15.2 Å². The van der Waals surface area contributed by atoms with Gasteiger partial charge in [-0.25, -0.2) is 0 Å². The van der Waals surface area contributed by atoms with Gasteiger partial charge in [0.05, 0.1) is 6.61 Å². The van der Waals surface area contributed by atoms with Crippen LogP contribution >= 0.6 is 0 Å². The first-order valence-electron chi connectivity index (χ1n) is 6.19. The van der Waals surface area contributed by atoms with Crippen LogP contribution in [0.2, 0.25) is 0 Å². The van der Waals surface area contributed by atoms with Crippen LogP contribution in [0.4, 0.5) is 0 Å². The minimum absolute atomic E-state index is 0.0703. The molecule has 16 heavy (non-hydrogen) atoms. The minimum Gasteiger partial charge on any atom is -0.385 e. The molecule has 0 aromatic rings. The van der Waals surface area contributed by atoms with Crippen LogP contribution in [0.5, 0.6) is 0 Å². The van der Waals surface area contributed by atoms with E-state index in [1.165, 1.54) is 19.3 Å². The smallest absolute Gasteiger partial charge is 0.0589 e. The summed E-state index contributed by atoms with van der Waals surface area (Å²) in [5, 5.41) is 0. The molecule has 0 saturated heterocycles. The van der Waals surface area contributed by atoms with Gasteiger partial charge in [0.15, 0.2) is 0 Å². The summed E-state index contributed by atoms with van der Waals surface area (Å²) in [6, 6.07) is 0. The van der Waals surface area contributed by atoms with Crippen molar-refractivity contribution in [1.82, 2.24) is 4.90 Å². The monoisotopic (exact) mass is 230 g/mol. The lowest BCUT2D eigenvalue weighted by atomic mass is 9.77. The fourth-order valence-corrected chi connectivity index (χ4v) is 2.16. The van der Waals surface area contributed by atoms with Crippen LogP contribution in [0.15, 0.2) is 0 Å². The molecule has 1 fully saturated rings. The van der Waals surface area contributed by atoms with Crippen molar-refractivity contribution in [3.63, 3.8) is 0 Å². The van der Waals surface area contributed by atoms with E-state index in [0.717, 1.165) is 39.3 Å². The molecule has 4 heteroatoms. The molecule has 0 bridgehead atoms. The van der Waals surface area contributed by atoms with Crippen LogP contribution in [0.3, 0.4) is 0 Å². The normalized spacial score (nSPS) is 18.8. The molecule has 0 aliphatic heterocycles. The van der Waals surface area contributed by atoms with Gasteiger partial charge in [-0.2, -0.15) is 0 Å². The number of methoxy groups -OCH3 is 2. The van der Waals surface area contributed by atoms with E-state index in [2.05, 4.69) is 4.90 Å². The van der Waals surface area contributed by atoms with Gasteiger partial charge in [-0.05, 0) is 25.7 Å². The van der Waals surface area contributed by atoms with Gasteiger partial charge in [-0.15, -0.1) is 0 Å². The zero-order valence-corrected chi connectivity index (χ0v) is 10.7. The van der Waals surface area contributed by atoms with Crippen LogP contribution in [0.1, 0.15) is 25.7 Å². The Morgan fingerprint density at radius 1 is 1.12 bits per heavy atom. The van der Waals surface area contributed by atoms with Gasteiger partial charge in [-0.3, -0.25) is 4.90 Å². The zero-order valence-electron chi connectivity index (χ0n) is 10.7. The average molecular weight is 230 g/mol. The highest BCUT2D eigenvalue weighted by atomic mass is 16.5. The minimum atomic E-state index is 0.0703. The average Bonchev–Trinajstić information content (AvgIpc) is 2.23. The Bertz CT molecular complexity index is 184. The maximum Gasteiger partial charge on any atom is 0.0589 e. The molecule has 0 radical (unpaired) electrons. The number of hydrogen-bond acceptors (Lipinski definition) is 4. The highest BCUT2D eigenvalue weighted by Gasteiger charge is 2.33. The maximum absolute atomic E-state index is 6.27. The highest BCUT2D eigenvalue weighted by molar-refractivity contribution is 4.95. The SMILES string of the molecule is COCCCN(CCOC)CC1(N)CCC1. The Hall–Kier alpha value is -0.160. The molecular weight excluding hydrogens is 204 g/mol. The Labute approximate surface area is 99.1 Å². The summed E-state index contributed by atoms with van der Waals surface area (Å²) in [6.45, 7) is 4.62. The molecule has 0 aromatic heterocycles. The van der Waals surface area contributed by atoms with Crippen LogP contribution in [-0.2, 0) is 9.47 Å². The molecule has 96 valence electrons. The molecule has 0 aromatic carbocycles. The van der Waals surface area contributed by atoms with Crippen molar-refractivity contribution in [3.05, 3.63) is 0 Å². The van der Waals surface area contributed by atoms with E-state index in [1.54, 1.807) is 14.2 Å². The Balaban J connectivity index is 2.24. The second kappa shape index (κ2) is 7.22. The van der Waals surface area contributed by atoms with Gasteiger partial charge in [0.1, 0.15) is 0 Å². The molecule has 1 aliphatic carbocycles. The van der Waals surface area contributed by atoms with Crippen molar-refractivity contribution in [1.29, 1.82) is 0 Å². The predicted octanol–water partition coefficient (Wildman–Crippen LogP) is 0.853. The van der Waals surface area contributed by atoms with Crippen molar-refractivity contribution in [2.45, 2.75) is 31.2 Å². The van der Waals surface area contributed by atoms with Crippen molar-refractivity contribution >= 4 is 0 Å². The standard InChI is InChI=1S/C12H26N2O2/c1-15-9-4-7-14(8-10-16-2)11-12(13)5-3-6-12/h3-11,13H2,1-2H3. The Morgan fingerprint density at radius 3 is 2.31 bits per heavy atom. The third-order valence-electron chi connectivity index (χ3n) is 3.32. The lowest BCUT2D eigenvalue weighted by Gasteiger charge is -2.42. The summed E-state index contributed by atoms with van der Waals surface area (Å²) in [4.78, 5) is 2.40. The predicted molar refractivity (Wildman–Crippen MR) is 65.6 cm³/mol. The molecule has 1 rings (SSSR count). The highest BCUT2D eigenvalue weighted by Crippen LogP contribution is 2.29. The maximum atomic E-state index is 6.27. The van der Waals surface area contributed by atoms with Crippen LogP contribution in [-0.4, -0.2) is 57.5 Å². The van der Waals surface area contributed by atoms with E-state index < -0.39 is 0 Å². The topological polar surface area (TPSA) is 47.7 Å². The van der Waals surface area contributed by atoms with Crippen LogP contribution < -0.4 is 5.73 Å². The van der Waals surface area contributed by atoms with Crippen molar-refractivity contribution in [3.8, 4) is 0 Å². The van der Waals surface area contributed by atoms with E-state index in [0.29, 0.717) is 0 Å². The molecule has 0 amide bonds. The second-order valence-electron chi connectivity index (χ2n) is 4.83. The Kier molecular flexibility index (Phi) is 6.28. The van der Waals surface area contributed by atoms with Crippen molar-refractivity contribution in [2.24, 2.45) is 5.73 Å². The molecule has 2 N–H and O–H groups in total. The lowest BCUT2D eigenvalue weighted by Crippen LogP contribution is -2.55. The number of rotatable bonds is 9. The van der Waals surface area contributed by atoms with Crippen LogP contribution in [0.25, 0.3) is 0 Å². The summed E-state index contributed by atoms with van der Waals surface area (Å²) < 4.78 is 10.2. The van der Waals surface area contributed by atoms with Crippen LogP contribution in [0, 0.1) is 0 Å². The molecule has 0 spiro atoms. The summed E-state index contributed by atoms with van der Waals surface area (Å²) in [5.74, 6) is 0. The Morgan fingerprint density at radius 2 is 1.81 bits per heavy atom. The molecule has 0 atom stereocenters. The first-order valence-corrected chi connectivity index (χ1v) is 6.19. The van der Waals surface area contributed by atoms with Gasteiger partial charge in [-0.1, -0.05) is 0 Å². The fourth-order valence-electron chi connectivity index (χ4n) is 2.16. The summed E-state index contributed by atoms with van der Waals surface area (Å²) in [6.07, 6.45) is 4.69. The first kappa shape index (κ1) is 13.9. The summed E-state index contributed by atoms with van der Waals surface area (Å²) >= 11 is 0. The molecule has 4 nitrogen and oxygen atoms in total. The zero-order chi connectivity index (χ0) is 11.9. The van der Waals surface area contributed by atoms with E-state index in [-0.39, 0.29) is 5.54 Å². The summed E-state index contributed by atoms with van der Waals surface area (Å²) in [5.41, 5.74) is 6.34. The number of hydrogen-bond donors (Lipinski definition) is 1. The van der Waals surface area contributed by atoms with E-state index in [9.17, 15) is 0 Å². The molecule has 0 unspecified atom stereocenters. The number of nitrogens with two attached hydrogens (primary N) is 1. The third-order valence-corrected chi connectivity index (χ3v) is 3.32. The second-order valence-corrected chi connectivity index (χ2v) is 4.83. The number of nitrogens with zero attached hydrogens (tertiary/aromatic N) is 1. The number of ether oxygens (including phenoxy) is 2. The fraction of sp³-hybridized carbons (Fsp3) is 1.00. The van der Waals surface area contributed by atoms with E-state index >= 15 is 0 Å². The van der Waals surface area contributed by atoms with Crippen molar-refractivity contribution < 1.29 is 9.47 Å². The molecule has 0 heterocycles. The first-order chi connectivity index (χ1) is 7.70.